The molecule has 39 heavy (non-hydrogen) atoms. The number of rotatable bonds is 6. The summed E-state index contributed by atoms with van der Waals surface area (Å²) in [6, 6.07) is 8.55. The second-order valence-corrected chi connectivity index (χ2v) is 10.4. The first-order valence-electron chi connectivity index (χ1n) is 12.1. The van der Waals surface area contributed by atoms with E-state index in [1.807, 2.05) is 13.8 Å². The fourth-order valence-corrected chi connectivity index (χ4v) is 5.13. The van der Waals surface area contributed by atoms with Crippen LogP contribution in [0.4, 0.5) is 18.9 Å². The van der Waals surface area contributed by atoms with Gasteiger partial charge in [0.15, 0.2) is 11.5 Å². The lowest BCUT2D eigenvalue weighted by Gasteiger charge is -2.39. The zero-order chi connectivity index (χ0) is 28.7. The van der Waals surface area contributed by atoms with E-state index >= 15 is 0 Å². The SMILES string of the molecule is COC(=O)C1=C(C)NC2=C(C(=O)CC(C)(C)C2)[C@@H]1c1ccc(OCc2cccc(C(F)(F)F)c2)c([N+](=O)[O-])c1. The van der Waals surface area contributed by atoms with Crippen molar-refractivity contribution in [3.63, 3.8) is 0 Å². The van der Waals surface area contributed by atoms with Gasteiger partial charge in [-0.05, 0) is 48.1 Å². The molecule has 2 aliphatic rings. The Hall–Kier alpha value is -4.15. The lowest BCUT2D eigenvalue weighted by Crippen LogP contribution is -2.38. The van der Waals surface area contributed by atoms with Crippen LogP contribution in [0.3, 0.4) is 0 Å². The average molecular weight is 545 g/mol. The highest BCUT2D eigenvalue weighted by Crippen LogP contribution is 2.48. The minimum absolute atomic E-state index is 0.163. The van der Waals surface area contributed by atoms with E-state index in [0.717, 1.165) is 12.1 Å². The van der Waals surface area contributed by atoms with Gasteiger partial charge in [0.2, 0.25) is 0 Å². The number of dihydropyridines is 1. The molecule has 1 aliphatic heterocycles. The van der Waals surface area contributed by atoms with Crippen molar-refractivity contribution in [1.29, 1.82) is 0 Å². The minimum atomic E-state index is -4.54. The van der Waals surface area contributed by atoms with Crippen LogP contribution in [0.25, 0.3) is 0 Å². The number of benzene rings is 2. The summed E-state index contributed by atoms with van der Waals surface area (Å²) in [6.07, 6.45) is -3.77. The van der Waals surface area contributed by atoms with Gasteiger partial charge < -0.3 is 14.8 Å². The number of methoxy groups -OCH3 is 1. The quantitative estimate of drug-likeness (QED) is 0.271. The topological polar surface area (TPSA) is 108 Å². The Morgan fingerprint density at radius 3 is 2.54 bits per heavy atom. The van der Waals surface area contributed by atoms with Crippen molar-refractivity contribution in [2.75, 3.05) is 7.11 Å². The molecule has 8 nitrogen and oxygen atoms in total. The molecule has 0 fully saturated rings. The number of carbonyl (C=O) groups is 2. The molecule has 0 radical (unpaired) electrons. The predicted octanol–water partition coefficient (Wildman–Crippen LogP) is 5.97. The number of hydrogen-bond donors (Lipinski definition) is 1. The van der Waals surface area contributed by atoms with E-state index in [4.69, 9.17) is 9.47 Å². The van der Waals surface area contributed by atoms with Crippen LogP contribution < -0.4 is 10.1 Å². The van der Waals surface area contributed by atoms with E-state index in [-0.39, 0.29) is 41.1 Å². The highest BCUT2D eigenvalue weighted by molar-refractivity contribution is 6.04. The van der Waals surface area contributed by atoms with Crippen molar-refractivity contribution in [1.82, 2.24) is 5.32 Å². The number of carbonyl (C=O) groups excluding carboxylic acids is 2. The summed E-state index contributed by atoms with van der Waals surface area (Å²) < 4.78 is 49.7. The van der Waals surface area contributed by atoms with Crippen LogP contribution in [0, 0.1) is 15.5 Å². The number of allylic oxidation sites excluding steroid dienone is 3. The van der Waals surface area contributed by atoms with Gasteiger partial charge in [-0.3, -0.25) is 14.9 Å². The van der Waals surface area contributed by atoms with Crippen molar-refractivity contribution in [3.8, 4) is 5.75 Å². The molecule has 0 saturated heterocycles. The third kappa shape index (κ3) is 5.67. The van der Waals surface area contributed by atoms with E-state index in [2.05, 4.69) is 5.32 Å². The molecule has 2 aromatic carbocycles. The lowest BCUT2D eigenvalue weighted by atomic mass is 9.68. The van der Waals surface area contributed by atoms with Crippen LogP contribution in [-0.4, -0.2) is 23.8 Å². The van der Waals surface area contributed by atoms with Crippen molar-refractivity contribution in [2.45, 2.75) is 52.3 Å². The van der Waals surface area contributed by atoms with Crippen molar-refractivity contribution in [3.05, 3.63) is 91.8 Å². The summed E-state index contributed by atoms with van der Waals surface area (Å²) in [6.45, 7) is 5.26. The number of Topliss-reactive ketones (excluding diaryl/α,β-unsaturated/α-hetero) is 1. The first-order chi connectivity index (χ1) is 18.2. The first-order valence-corrected chi connectivity index (χ1v) is 12.1. The van der Waals surface area contributed by atoms with E-state index in [9.17, 15) is 32.9 Å². The van der Waals surface area contributed by atoms with E-state index < -0.39 is 34.2 Å². The highest BCUT2D eigenvalue weighted by Gasteiger charge is 2.43. The summed E-state index contributed by atoms with van der Waals surface area (Å²) >= 11 is 0. The number of hydrogen-bond acceptors (Lipinski definition) is 7. The number of ketones is 1. The average Bonchev–Trinajstić information content (AvgIpc) is 2.85. The van der Waals surface area contributed by atoms with E-state index in [1.54, 1.807) is 6.92 Å². The number of halogens is 3. The number of nitro groups is 1. The van der Waals surface area contributed by atoms with Crippen molar-refractivity contribution in [2.24, 2.45) is 5.41 Å². The second-order valence-electron chi connectivity index (χ2n) is 10.4. The fourth-order valence-electron chi connectivity index (χ4n) is 5.13. The Morgan fingerprint density at radius 2 is 1.90 bits per heavy atom. The molecule has 206 valence electrons. The molecule has 1 heterocycles. The van der Waals surface area contributed by atoms with Crippen molar-refractivity contribution >= 4 is 17.4 Å². The van der Waals surface area contributed by atoms with Crippen LogP contribution in [0.2, 0.25) is 0 Å². The molecule has 4 rings (SSSR count). The van der Waals surface area contributed by atoms with E-state index in [1.165, 1.54) is 37.4 Å². The summed E-state index contributed by atoms with van der Waals surface area (Å²) in [5, 5.41) is 15.2. The third-order valence-electron chi connectivity index (χ3n) is 6.81. The number of ether oxygens (including phenoxy) is 2. The number of nitrogens with one attached hydrogen (secondary N) is 1. The Morgan fingerprint density at radius 1 is 1.18 bits per heavy atom. The van der Waals surface area contributed by atoms with Gasteiger partial charge in [0.05, 0.1) is 23.2 Å². The zero-order valence-electron chi connectivity index (χ0n) is 21.8. The molecule has 0 spiro atoms. The Bertz CT molecular complexity index is 1420. The van der Waals surface area contributed by atoms with Gasteiger partial charge >= 0.3 is 17.8 Å². The summed E-state index contributed by atoms with van der Waals surface area (Å²) in [5.41, 5.74) is 0.509. The summed E-state index contributed by atoms with van der Waals surface area (Å²) in [7, 11) is 1.21. The molecule has 0 saturated carbocycles. The van der Waals surface area contributed by atoms with Crippen LogP contribution in [-0.2, 0) is 27.1 Å². The van der Waals surface area contributed by atoms with Gasteiger partial charge in [0.25, 0.3) is 0 Å². The van der Waals surface area contributed by atoms with Gasteiger partial charge in [-0.15, -0.1) is 0 Å². The molecular weight excluding hydrogens is 517 g/mol. The highest BCUT2D eigenvalue weighted by atomic mass is 19.4. The van der Waals surface area contributed by atoms with Crippen molar-refractivity contribution < 1.29 is 37.2 Å². The summed E-state index contributed by atoms with van der Waals surface area (Å²) in [4.78, 5) is 37.5. The Balaban J connectivity index is 1.75. The maximum Gasteiger partial charge on any atom is 0.416 e. The zero-order valence-corrected chi connectivity index (χ0v) is 21.8. The number of esters is 1. The maximum absolute atomic E-state index is 13.3. The van der Waals surface area contributed by atoms with Crippen LogP contribution in [0.15, 0.2) is 65.0 Å². The predicted molar refractivity (Wildman–Crippen MR) is 135 cm³/mol. The monoisotopic (exact) mass is 544 g/mol. The molecular formula is C28H27F3N2O6. The molecule has 0 aromatic heterocycles. The van der Waals surface area contributed by atoms with Gasteiger partial charge in [-0.2, -0.15) is 13.2 Å². The molecule has 0 amide bonds. The largest absolute Gasteiger partial charge is 0.482 e. The number of nitrogens with zero attached hydrogens (tertiary/aromatic N) is 1. The minimum Gasteiger partial charge on any atom is -0.482 e. The van der Waals surface area contributed by atoms with Crippen LogP contribution >= 0.6 is 0 Å². The van der Waals surface area contributed by atoms with Gasteiger partial charge in [0, 0.05) is 35.4 Å². The van der Waals surface area contributed by atoms with E-state index in [0.29, 0.717) is 29.0 Å². The van der Waals surface area contributed by atoms with Crippen LogP contribution in [0.1, 0.15) is 56.2 Å². The molecule has 0 unspecified atom stereocenters. The van der Waals surface area contributed by atoms with Gasteiger partial charge in [0.1, 0.15) is 6.61 Å². The number of alkyl halides is 3. The standard InChI is InChI=1S/C28H27F3N2O6/c1-15-23(26(35)38-4)24(25-19(32-15)12-27(2,3)13-21(25)34)17-8-9-22(20(11-17)33(36)37)39-14-16-6-5-7-18(10-16)28(29,30)31/h5-11,24,32H,12-14H2,1-4H3/t24-/m1/s1. The van der Waals surface area contributed by atoms with Gasteiger partial charge in [-0.25, -0.2) is 4.79 Å². The fraction of sp³-hybridized carbons (Fsp3) is 0.357. The van der Waals surface area contributed by atoms with Gasteiger partial charge in [-0.1, -0.05) is 32.0 Å². The third-order valence-corrected chi connectivity index (χ3v) is 6.81. The second kappa shape index (κ2) is 10.2. The first kappa shape index (κ1) is 27.9. The number of nitro benzene ring substituents is 1. The molecule has 0 bridgehead atoms. The molecule has 1 aliphatic carbocycles. The molecule has 1 atom stereocenters. The summed E-state index contributed by atoms with van der Waals surface area (Å²) in [5.74, 6) is -1.93. The maximum atomic E-state index is 13.3. The molecule has 1 N–H and O–H groups in total. The lowest BCUT2D eigenvalue weighted by molar-refractivity contribution is -0.386. The molecule has 11 heteroatoms. The molecule has 2 aromatic rings. The smallest absolute Gasteiger partial charge is 0.416 e. The Kier molecular flexibility index (Phi) is 7.29. The normalized spacial score (nSPS) is 18.8. The Labute approximate surface area is 222 Å². The van der Waals surface area contributed by atoms with Crippen LogP contribution in [0.5, 0.6) is 5.75 Å².